The van der Waals surface area contributed by atoms with Gasteiger partial charge in [0.1, 0.15) is 12.4 Å². The summed E-state index contributed by atoms with van der Waals surface area (Å²) in [4.78, 5) is 38.3. The van der Waals surface area contributed by atoms with Gasteiger partial charge in [0.15, 0.2) is 17.6 Å². The first-order valence-electron chi connectivity index (χ1n) is 10.6. The number of hydrogen-bond acceptors (Lipinski definition) is 6. The van der Waals surface area contributed by atoms with Gasteiger partial charge in [0.05, 0.1) is 13.2 Å². The lowest BCUT2D eigenvalue weighted by Gasteiger charge is -2.21. The summed E-state index contributed by atoms with van der Waals surface area (Å²) in [5, 5.41) is 2.46. The van der Waals surface area contributed by atoms with Gasteiger partial charge >= 0.3 is 5.97 Å². The Balaban J connectivity index is 1.87. The van der Waals surface area contributed by atoms with Crippen LogP contribution in [0.2, 0.25) is 0 Å². The molecule has 2 aromatic rings. The highest BCUT2D eigenvalue weighted by atomic mass is 19.1. The molecular formula is C24H29FN2O6. The van der Waals surface area contributed by atoms with Crippen LogP contribution in [-0.4, -0.2) is 55.6 Å². The number of carbonyl (C=O) groups is 3. The van der Waals surface area contributed by atoms with Crippen molar-refractivity contribution in [1.29, 1.82) is 0 Å². The van der Waals surface area contributed by atoms with Gasteiger partial charge in [0.25, 0.3) is 11.8 Å². The molecule has 1 unspecified atom stereocenters. The average Bonchev–Trinajstić information content (AvgIpc) is 2.78. The van der Waals surface area contributed by atoms with Gasteiger partial charge in [-0.3, -0.25) is 14.4 Å². The first kappa shape index (κ1) is 25.6. The minimum Gasteiger partial charge on any atom is -0.490 e. The molecule has 0 bridgehead atoms. The molecule has 33 heavy (non-hydrogen) atoms. The van der Waals surface area contributed by atoms with Crippen molar-refractivity contribution in [3.05, 3.63) is 59.4 Å². The van der Waals surface area contributed by atoms with Crippen molar-refractivity contribution in [3.8, 4) is 11.5 Å². The molecule has 2 aromatic carbocycles. The zero-order valence-electron chi connectivity index (χ0n) is 19.2. The topological polar surface area (TPSA) is 94.2 Å². The summed E-state index contributed by atoms with van der Waals surface area (Å²) in [6, 6.07) is 10.6. The van der Waals surface area contributed by atoms with E-state index in [1.165, 1.54) is 37.1 Å². The third-order valence-electron chi connectivity index (χ3n) is 4.54. The predicted molar refractivity (Wildman–Crippen MR) is 120 cm³/mol. The predicted octanol–water partition coefficient (Wildman–Crippen LogP) is 2.94. The number of halogens is 1. The molecule has 2 rings (SSSR count). The lowest BCUT2D eigenvalue weighted by molar-refractivity contribution is -0.157. The van der Waals surface area contributed by atoms with Crippen molar-refractivity contribution in [3.63, 3.8) is 0 Å². The second kappa shape index (κ2) is 12.4. The second-order valence-electron chi connectivity index (χ2n) is 7.17. The van der Waals surface area contributed by atoms with E-state index in [4.69, 9.17) is 14.2 Å². The standard InChI is InChI=1S/C24H29FN2O6/c1-5-31-20-11-10-18(13-21(20)32-6-2)23(29)26-14-22(28)33-16(3)24(30)27(4)15-17-8-7-9-19(25)12-17/h7-13,16H,5-6,14-15H2,1-4H3,(H,26,29). The average molecular weight is 461 g/mol. The molecule has 2 amide bonds. The minimum atomic E-state index is -1.07. The van der Waals surface area contributed by atoms with Crippen LogP contribution in [0.15, 0.2) is 42.5 Å². The lowest BCUT2D eigenvalue weighted by atomic mass is 10.2. The minimum absolute atomic E-state index is 0.162. The molecule has 0 saturated heterocycles. The van der Waals surface area contributed by atoms with Gasteiger partial charge in [-0.1, -0.05) is 12.1 Å². The maximum absolute atomic E-state index is 13.3. The number of rotatable bonds is 11. The van der Waals surface area contributed by atoms with E-state index < -0.39 is 36.2 Å². The van der Waals surface area contributed by atoms with Crippen LogP contribution < -0.4 is 14.8 Å². The number of esters is 1. The summed E-state index contributed by atoms with van der Waals surface area (Å²) in [5.74, 6) is -1.17. The molecule has 178 valence electrons. The molecule has 0 saturated carbocycles. The molecule has 0 spiro atoms. The molecule has 8 nitrogen and oxygen atoms in total. The second-order valence-corrected chi connectivity index (χ2v) is 7.17. The van der Waals surface area contributed by atoms with Crippen molar-refractivity contribution < 1.29 is 33.0 Å². The van der Waals surface area contributed by atoms with Crippen LogP contribution in [0.4, 0.5) is 4.39 Å². The highest BCUT2D eigenvalue weighted by Crippen LogP contribution is 2.28. The monoisotopic (exact) mass is 460 g/mol. The Morgan fingerprint density at radius 2 is 1.73 bits per heavy atom. The van der Waals surface area contributed by atoms with Crippen LogP contribution in [0.25, 0.3) is 0 Å². The van der Waals surface area contributed by atoms with Crippen LogP contribution in [0, 0.1) is 5.82 Å². The van der Waals surface area contributed by atoms with E-state index >= 15 is 0 Å². The summed E-state index contributed by atoms with van der Waals surface area (Å²) in [5.41, 5.74) is 0.895. The van der Waals surface area contributed by atoms with E-state index in [9.17, 15) is 18.8 Å². The number of likely N-dealkylation sites (N-methyl/N-ethyl adjacent to an activating group) is 1. The Morgan fingerprint density at radius 1 is 1.03 bits per heavy atom. The number of ether oxygens (including phenoxy) is 3. The van der Waals surface area contributed by atoms with Crippen molar-refractivity contribution >= 4 is 17.8 Å². The highest BCUT2D eigenvalue weighted by Gasteiger charge is 2.22. The van der Waals surface area contributed by atoms with Crippen molar-refractivity contribution in [2.24, 2.45) is 0 Å². The number of carbonyl (C=O) groups excluding carboxylic acids is 3. The summed E-state index contributed by atoms with van der Waals surface area (Å²) >= 11 is 0. The lowest BCUT2D eigenvalue weighted by Crippen LogP contribution is -2.39. The molecular weight excluding hydrogens is 431 g/mol. The van der Waals surface area contributed by atoms with Crippen molar-refractivity contribution in [1.82, 2.24) is 10.2 Å². The number of amides is 2. The third-order valence-corrected chi connectivity index (χ3v) is 4.54. The molecule has 1 N–H and O–H groups in total. The molecule has 0 aliphatic rings. The van der Waals surface area contributed by atoms with Crippen LogP contribution >= 0.6 is 0 Å². The van der Waals surface area contributed by atoms with Crippen LogP contribution in [-0.2, 0) is 20.9 Å². The third kappa shape index (κ3) is 7.78. The molecule has 0 aromatic heterocycles. The first-order chi connectivity index (χ1) is 15.7. The van der Waals surface area contributed by atoms with Gasteiger partial charge in [0.2, 0.25) is 0 Å². The van der Waals surface area contributed by atoms with E-state index in [1.54, 1.807) is 24.3 Å². The van der Waals surface area contributed by atoms with Gasteiger partial charge in [-0.25, -0.2) is 4.39 Å². The molecule has 0 aliphatic carbocycles. The van der Waals surface area contributed by atoms with Gasteiger partial charge in [-0.05, 0) is 56.7 Å². The molecule has 1 atom stereocenters. The fraction of sp³-hybridized carbons (Fsp3) is 0.375. The fourth-order valence-corrected chi connectivity index (χ4v) is 3.03. The smallest absolute Gasteiger partial charge is 0.326 e. The Bertz CT molecular complexity index is 981. The summed E-state index contributed by atoms with van der Waals surface area (Å²) in [6.45, 7) is 5.69. The van der Waals surface area contributed by atoms with Gasteiger partial charge in [-0.2, -0.15) is 0 Å². The van der Waals surface area contributed by atoms with Gasteiger partial charge < -0.3 is 24.4 Å². The van der Waals surface area contributed by atoms with Gasteiger partial charge in [0, 0.05) is 19.2 Å². The van der Waals surface area contributed by atoms with Crippen LogP contribution in [0.5, 0.6) is 11.5 Å². The Hall–Kier alpha value is -3.62. The molecule has 0 radical (unpaired) electrons. The highest BCUT2D eigenvalue weighted by molar-refractivity contribution is 5.96. The molecule has 9 heteroatoms. The van der Waals surface area contributed by atoms with Crippen LogP contribution in [0.1, 0.15) is 36.7 Å². The van der Waals surface area contributed by atoms with E-state index in [-0.39, 0.29) is 12.1 Å². The molecule has 0 fully saturated rings. The molecule has 0 heterocycles. The zero-order chi connectivity index (χ0) is 24.4. The Labute approximate surface area is 192 Å². The number of benzene rings is 2. The van der Waals surface area contributed by atoms with Crippen molar-refractivity contribution in [2.45, 2.75) is 33.4 Å². The molecule has 0 aliphatic heterocycles. The van der Waals surface area contributed by atoms with Crippen LogP contribution in [0.3, 0.4) is 0 Å². The first-order valence-corrected chi connectivity index (χ1v) is 10.6. The summed E-state index contributed by atoms with van der Waals surface area (Å²) in [7, 11) is 1.53. The normalized spacial score (nSPS) is 11.3. The van der Waals surface area contributed by atoms with Crippen molar-refractivity contribution in [2.75, 3.05) is 26.8 Å². The summed E-state index contributed by atoms with van der Waals surface area (Å²) in [6.07, 6.45) is -1.07. The maximum Gasteiger partial charge on any atom is 0.326 e. The quantitative estimate of drug-likeness (QED) is 0.518. The Morgan fingerprint density at radius 3 is 2.39 bits per heavy atom. The SMILES string of the molecule is CCOc1ccc(C(=O)NCC(=O)OC(C)C(=O)N(C)Cc2cccc(F)c2)cc1OCC. The Kier molecular flexibility index (Phi) is 9.65. The van der Waals surface area contributed by atoms with E-state index in [0.29, 0.717) is 30.3 Å². The summed E-state index contributed by atoms with van der Waals surface area (Å²) < 4.78 is 29.4. The van der Waals surface area contributed by atoms with E-state index in [2.05, 4.69) is 5.32 Å². The zero-order valence-corrected chi connectivity index (χ0v) is 19.2. The van der Waals surface area contributed by atoms with E-state index in [1.807, 2.05) is 13.8 Å². The number of nitrogens with one attached hydrogen (secondary N) is 1. The van der Waals surface area contributed by atoms with Gasteiger partial charge in [-0.15, -0.1) is 0 Å². The fourth-order valence-electron chi connectivity index (χ4n) is 3.03. The maximum atomic E-state index is 13.3. The number of nitrogens with zero attached hydrogens (tertiary/aromatic N) is 1. The largest absolute Gasteiger partial charge is 0.490 e. The number of hydrogen-bond donors (Lipinski definition) is 1. The van der Waals surface area contributed by atoms with E-state index in [0.717, 1.165) is 0 Å².